The van der Waals surface area contributed by atoms with E-state index in [0.29, 0.717) is 12.8 Å². The molecule has 0 bridgehead atoms. The highest BCUT2D eigenvalue weighted by atomic mass is 35.5. The van der Waals surface area contributed by atoms with Crippen molar-refractivity contribution in [2.75, 3.05) is 6.54 Å². The molecule has 18 heavy (non-hydrogen) atoms. The molecule has 102 valence electrons. The Hall–Kier alpha value is -1.30. The van der Waals surface area contributed by atoms with E-state index >= 15 is 0 Å². The maximum Gasteiger partial charge on any atom is 0.324 e. The number of hydrogen-bond acceptors (Lipinski definition) is 3. The van der Waals surface area contributed by atoms with Crippen molar-refractivity contribution >= 4 is 29.4 Å². The number of nitrogens with two attached hydrogens (primary N) is 1. The number of likely N-dealkylation sites (tertiary alicyclic amines) is 1. The van der Waals surface area contributed by atoms with Crippen molar-refractivity contribution in [2.24, 2.45) is 11.7 Å². The van der Waals surface area contributed by atoms with Gasteiger partial charge < -0.3 is 10.6 Å². The van der Waals surface area contributed by atoms with Gasteiger partial charge in [-0.3, -0.25) is 14.9 Å². The number of halogens is 1. The molecule has 1 saturated heterocycles. The summed E-state index contributed by atoms with van der Waals surface area (Å²) in [6.45, 7) is 3.59. The lowest BCUT2D eigenvalue weighted by Gasteiger charge is -2.36. The highest BCUT2D eigenvalue weighted by Gasteiger charge is 2.32. The molecular weight excluding hydrogens is 258 g/mol. The van der Waals surface area contributed by atoms with Gasteiger partial charge in [-0.2, -0.15) is 0 Å². The number of carbonyl (C=O) groups is 3. The van der Waals surface area contributed by atoms with Gasteiger partial charge in [-0.25, -0.2) is 4.79 Å². The van der Waals surface area contributed by atoms with Crippen LogP contribution in [0, 0.1) is 5.92 Å². The second kappa shape index (κ2) is 6.04. The molecular formula is C11H18ClN3O3. The van der Waals surface area contributed by atoms with Gasteiger partial charge >= 0.3 is 6.03 Å². The van der Waals surface area contributed by atoms with Crippen molar-refractivity contribution in [1.29, 1.82) is 0 Å². The number of nitrogens with zero attached hydrogens (tertiary/aromatic N) is 1. The normalized spacial score (nSPS) is 25.4. The standard InChI is InChI=1S/C11H18ClN3O3/c1-6-3-4-8(9(13)16)5-15(6)11(18)14-10(17)7(2)12/h6-8H,3-5H2,1-2H3,(H2,13,16)(H,14,17,18). The number of amides is 4. The van der Waals surface area contributed by atoms with Crippen LogP contribution in [0.4, 0.5) is 4.79 Å². The van der Waals surface area contributed by atoms with Crippen molar-refractivity contribution in [3.63, 3.8) is 0 Å². The Kier molecular flexibility index (Phi) is 4.95. The molecule has 0 saturated carbocycles. The number of alkyl halides is 1. The number of carbonyl (C=O) groups excluding carboxylic acids is 3. The van der Waals surface area contributed by atoms with Crippen molar-refractivity contribution in [1.82, 2.24) is 10.2 Å². The van der Waals surface area contributed by atoms with Crippen LogP contribution in [0.25, 0.3) is 0 Å². The molecule has 3 N–H and O–H groups in total. The Labute approximate surface area is 111 Å². The number of piperidine rings is 1. The maximum atomic E-state index is 11.9. The summed E-state index contributed by atoms with van der Waals surface area (Å²) in [6.07, 6.45) is 1.35. The van der Waals surface area contributed by atoms with E-state index in [1.54, 1.807) is 0 Å². The minimum absolute atomic E-state index is 0.0287. The topological polar surface area (TPSA) is 92.5 Å². The second-order valence-electron chi connectivity index (χ2n) is 4.59. The molecule has 0 radical (unpaired) electrons. The third-order valence-electron chi connectivity index (χ3n) is 3.14. The summed E-state index contributed by atoms with van der Waals surface area (Å²) in [5.41, 5.74) is 5.24. The Morgan fingerprint density at radius 2 is 2.00 bits per heavy atom. The highest BCUT2D eigenvalue weighted by molar-refractivity contribution is 6.31. The monoisotopic (exact) mass is 275 g/mol. The molecule has 0 aliphatic carbocycles. The molecule has 4 amide bonds. The lowest BCUT2D eigenvalue weighted by Crippen LogP contribution is -2.53. The number of urea groups is 1. The van der Waals surface area contributed by atoms with Gasteiger partial charge in [-0.05, 0) is 26.7 Å². The number of rotatable bonds is 2. The van der Waals surface area contributed by atoms with Crippen LogP contribution >= 0.6 is 11.6 Å². The average molecular weight is 276 g/mol. The predicted octanol–water partition coefficient (Wildman–Crippen LogP) is 0.436. The molecule has 7 heteroatoms. The molecule has 0 aromatic heterocycles. The third-order valence-corrected chi connectivity index (χ3v) is 3.33. The molecule has 1 rings (SSSR count). The van der Waals surface area contributed by atoms with E-state index in [9.17, 15) is 14.4 Å². The van der Waals surface area contributed by atoms with E-state index in [-0.39, 0.29) is 18.5 Å². The van der Waals surface area contributed by atoms with Gasteiger partial charge in [0.25, 0.3) is 0 Å². The molecule has 6 nitrogen and oxygen atoms in total. The first-order valence-electron chi connectivity index (χ1n) is 5.87. The van der Waals surface area contributed by atoms with E-state index < -0.39 is 23.2 Å². The van der Waals surface area contributed by atoms with Crippen LogP contribution < -0.4 is 11.1 Å². The van der Waals surface area contributed by atoms with E-state index in [0.717, 1.165) is 0 Å². The summed E-state index contributed by atoms with van der Waals surface area (Å²) < 4.78 is 0. The fraction of sp³-hybridized carbons (Fsp3) is 0.727. The van der Waals surface area contributed by atoms with Gasteiger partial charge in [0.05, 0.1) is 5.92 Å². The second-order valence-corrected chi connectivity index (χ2v) is 5.24. The van der Waals surface area contributed by atoms with Gasteiger partial charge in [0, 0.05) is 12.6 Å². The zero-order valence-electron chi connectivity index (χ0n) is 10.5. The van der Waals surface area contributed by atoms with Crippen LogP contribution in [0.2, 0.25) is 0 Å². The summed E-state index contributed by atoms with van der Waals surface area (Å²) in [5, 5.41) is 1.43. The van der Waals surface area contributed by atoms with Crippen LogP contribution in [-0.2, 0) is 9.59 Å². The summed E-state index contributed by atoms with van der Waals surface area (Å²) in [4.78, 5) is 35.8. The SMILES string of the molecule is CC(Cl)C(=O)NC(=O)N1CC(C(N)=O)CCC1C. The lowest BCUT2D eigenvalue weighted by molar-refractivity contribution is -0.123. The number of imide groups is 1. The molecule has 0 spiro atoms. The Balaban J connectivity index is 2.65. The van der Waals surface area contributed by atoms with Crippen LogP contribution in [-0.4, -0.2) is 40.7 Å². The number of hydrogen-bond donors (Lipinski definition) is 2. The van der Waals surface area contributed by atoms with Crippen molar-refractivity contribution in [3.05, 3.63) is 0 Å². The van der Waals surface area contributed by atoms with Crippen molar-refractivity contribution in [2.45, 2.75) is 38.1 Å². The van der Waals surface area contributed by atoms with E-state index in [1.165, 1.54) is 11.8 Å². The molecule has 3 unspecified atom stereocenters. The van der Waals surface area contributed by atoms with E-state index in [4.69, 9.17) is 17.3 Å². The Bertz CT molecular complexity index is 359. The summed E-state index contributed by atoms with van der Waals surface area (Å²) in [6, 6.07) is -0.551. The molecule has 1 heterocycles. The highest BCUT2D eigenvalue weighted by Crippen LogP contribution is 2.21. The average Bonchev–Trinajstić information content (AvgIpc) is 2.28. The van der Waals surface area contributed by atoms with Gasteiger partial charge in [-0.1, -0.05) is 0 Å². The fourth-order valence-electron chi connectivity index (χ4n) is 1.90. The van der Waals surface area contributed by atoms with Crippen molar-refractivity contribution < 1.29 is 14.4 Å². The van der Waals surface area contributed by atoms with E-state index in [2.05, 4.69) is 5.32 Å². The predicted molar refractivity (Wildman–Crippen MR) is 66.9 cm³/mol. The fourth-order valence-corrected chi connectivity index (χ4v) is 1.95. The molecule has 1 fully saturated rings. The molecule has 1 aliphatic heterocycles. The Morgan fingerprint density at radius 3 is 2.50 bits per heavy atom. The van der Waals surface area contributed by atoms with Crippen molar-refractivity contribution in [3.8, 4) is 0 Å². The number of nitrogens with one attached hydrogen (secondary N) is 1. The van der Waals surface area contributed by atoms with Gasteiger partial charge in [0.1, 0.15) is 5.38 Å². The molecule has 0 aromatic rings. The Morgan fingerprint density at radius 1 is 1.39 bits per heavy atom. The minimum atomic E-state index is -0.777. The molecule has 1 aliphatic rings. The first-order chi connectivity index (χ1) is 8.32. The summed E-state index contributed by atoms with van der Waals surface area (Å²) in [7, 11) is 0. The van der Waals surface area contributed by atoms with Gasteiger partial charge in [0.15, 0.2) is 0 Å². The van der Waals surface area contributed by atoms with Crippen LogP contribution in [0.15, 0.2) is 0 Å². The van der Waals surface area contributed by atoms with E-state index in [1.807, 2.05) is 6.92 Å². The third kappa shape index (κ3) is 3.60. The zero-order valence-corrected chi connectivity index (χ0v) is 11.2. The first kappa shape index (κ1) is 14.8. The van der Waals surface area contributed by atoms with Crippen LogP contribution in [0.1, 0.15) is 26.7 Å². The van der Waals surface area contributed by atoms with Gasteiger partial charge in [0.2, 0.25) is 11.8 Å². The maximum absolute atomic E-state index is 11.9. The smallest absolute Gasteiger partial charge is 0.324 e. The summed E-state index contributed by atoms with van der Waals surface area (Å²) in [5.74, 6) is -1.32. The number of primary amides is 1. The lowest BCUT2D eigenvalue weighted by atomic mass is 9.93. The molecule has 3 atom stereocenters. The van der Waals surface area contributed by atoms with Crippen LogP contribution in [0.3, 0.4) is 0 Å². The molecule has 0 aromatic carbocycles. The quantitative estimate of drug-likeness (QED) is 0.716. The zero-order chi connectivity index (χ0) is 13.9. The van der Waals surface area contributed by atoms with Gasteiger partial charge in [-0.15, -0.1) is 11.6 Å². The largest absolute Gasteiger partial charge is 0.369 e. The van der Waals surface area contributed by atoms with Crippen LogP contribution in [0.5, 0.6) is 0 Å². The minimum Gasteiger partial charge on any atom is -0.369 e. The first-order valence-corrected chi connectivity index (χ1v) is 6.31. The summed E-state index contributed by atoms with van der Waals surface area (Å²) >= 11 is 5.57.